The number of fused-ring (bicyclic) bond motifs is 1. The summed E-state index contributed by atoms with van der Waals surface area (Å²) in [6.45, 7) is 0.601. The number of rotatable bonds is 1. The van der Waals surface area contributed by atoms with Crippen LogP contribution in [-0.4, -0.2) is 4.98 Å². The third kappa shape index (κ3) is 1.90. The Morgan fingerprint density at radius 1 is 1.15 bits per heavy atom. The molecule has 0 aliphatic rings. The van der Waals surface area contributed by atoms with Crippen molar-refractivity contribution in [2.75, 3.05) is 0 Å². The normalized spacial score (nSPS) is 9.00. The van der Waals surface area contributed by atoms with Crippen LogP contribution < -0.4 is 5.73 Å². The van der Waals surface area contributed by atoms with Crippen molar-refractivity contribution in [3.63, 3.8) is 0 Å². The summed E-state index contributed by atoms with van der Waals surface area (Å²) in [5, 5.41) is 1.23. The molecule has 0 saturated heterocycles. The van der Waals surface area contributed by atoms with Gasteiger partial charge in [-0.15, -0.1) is 0 Å². The van der Waals surface area contributed by atoms with Crippen LogP contribution in [0.5, 0.6) is 0 Å². The lowest BCUT2D eigenvalue weighted by molar-refractivity contribution is 1.08. The maximum Gasteiger partial charge on any atom is 0.0457 e. The summed E-state index contributed by atoms with van der Waals surface area (Å²) < 4.78 is 0. The first-order valence-electron chi connectivity index (χ1n) is 3.67. The Morgan fingerprint density at radius 2 is 1.85 bits per heavy atom. The van der Waals surface area contributed by atoms with Crippen molar-refractivity contribution in [2.45, 2.75) is 21.4 Å². The van der Waals surface area contributed by atoms with E-state index in [4.69, 9.17) is 5.73 Å². The molecule has 2 nitrogen and oxygen atoms in total. The molecule has 0 aliphatic carbocycles. The maximum absolute atomic E-state index is 5.54. The number of aromatic nitrogens is 1. The molecule has 0 bridgehead atoms. The van der Waals surface area contributed by atoms with Crippen molar-refractivity contribution in [2.24, 2.45) is 5.73 Å². The Hall–Kier alpha value is -1.28. The van der Waals surface area contributed by atoms with E-state index in [1.54, 1.807) is 0 Å². The van der Waals surface area contributed by atoms with Crippen LogP contribution in [0.25, 0.3) is 10.9 Å². The molecule has 0 spiro atoms. The van der Waals surface area contributed by atoms with Gasteiger partial charge in [0.05, 0.1) is 0 Å². The molecule has 1 aromatic carbocycles. The quantitative estimate of drug-likeness (QED) is 0.692. The Morgan fingerprint density at radius 3 is 2.54 bits per heavy atom. The van der Waals surface area contributed by atoms with Crippen molar-refractivity contribution in [3.05, 3.63) is 36.0 Å². The van der Waals surface area contributed by atoms with Gasteiger partial charge in [0.2, 0.25) is 0 Å². The van der Waals surface area contributed by atoms with E-state index in [0.717, 1.165) is 5.52 Å². The Labute approximate surface area is 79.8 Å². The minimum Gasteiger partial charge on any atom is -0.361 e. The summed E-state index contributed by atoms with van der Waals surface area (Å²) in [5.74, 6) is 0. The van der Waals surface area contributed by atoms with Crippen molar-refractivity contribution in [1.29, 1.82) is 0 Å². The molecule has 72 valence electrons. The minimum atomic E-state index is 0. The lowest BCUT2D eigenvalue weighted by Crippen LogP contribution is -1.93. The average molecular weight is 178 g/mol. The van der Waals surface area contributed by atoms with Crippen molar-refractivity contribution < 1.29 is 0 Å². The second kappa shape index (κ2) is 4.67. The van der Waals surface area contributed by atoms with E-state index in [1.165, 1.54) is 10.9 Å². The van der Waals surface area contributed by atoms with Crippen LogP contribution in [0.3, 0.4) is 0 Å². The van der Waals surface area contributed by atoms with Crippen molar-refractivity contribution in [3.8, 4) is 0 Å². The average Bonchev–Trinajstić information content (AvgIpc) is 2.47. The summed E-state index contributed by atoms with van der Waals surface area (Å²) in [4.78, 5) is 3.16. The van der Waals surface area contributed by atoms with Gasteiger partial charge in [0.15, 0.2) is 0 Å². The zero-order valence-corrected chi connectivity index (χ0v) is 6.17. The molecule has 1 heterocycles. The molecule has 0 atom stereocenters. The zero-order chi connectivity index (χ0) is 7.68. The van der Waals surface area contributed by atoms with E-state index < -0.39 is 0 Å². The fourth-order valence-electron chi connectivity index (χ4n) is 1.30. The van der Waals surface area contributed by atoms with Crippen LogP contribution in [0, 0.1) is 0 Å². The fraction of sp³-hybridized carbons (Fsp3) is 0.273. The second-order valence-corrected chi connectivity index (χ2v) is 2.56. The molecule has 1 aromatic heterocycles. The van der Waals surface area contributed by atoms with Crippen LogP contribution in [0.4, 0.5) is 0 Å². The van der Waals surface area contributed by atoms with Gasteiger partial charge in [-0.05, 0) is 11.6 Å². The topological polar surface area (TPSA) is 41.8 Å². The van der Waals surface area contributed by atoms with E-state index in [1.807, 2.05) is 18.3 Å². The summed E-state index contributed by atoms with van der Waals surface area (Å²) in [5.41, 5.74) is 7.88. The van der Waals surface area contributed by atoms with Gasteiger partial charge in [-0.1, -0.05) is 33.1 Å². The Balaban J connectivity index is 0.000000720. The number of aromatic amines is 1. The van der Waals surface area contributed by atoms with Crippen LogP contribution in [0.1, 0.15) is 20.4 Å². The number of hydrogen-bond acceptors (Lipinski definition) is 1. The van der Waals surface area contributed by atoms with E-state index in [2.05, 4.69) is 17.1 Å². The number of hydrogen-bond donors (Lipinski definition) is 2. The highest BCUT2D eigenvalue weighted by molar-refractivity contribution is 5.82. The number of H-pyrrole nitrogens is 1. The minimum absolute atomic E-state index is 0. The van der Waals surface area contributed by atoms with Crippen LogP contribution in [0.2, 0.25) is 0 Å². The molecule has 2 heteroatoms. The molecule has 0 fully saturated rings. The highest BCUT2D eigenvalue weighted by Gasteiger charge is 1.98. The molecular weight excluding hydrogens is 160 g/mol. The fourth-order valence-corrected chi connectivity index (χ4v) is 1.30. The molecule has 3 N–H and O–H groups in total. The zero-order valence-electron chi connectivity index (χ0n) is 6.17. The smallest absolute Gasteiger partial charge is 0.0457 e. The largest absolute Gasteiger partial charge is 0.361 e. The first-order valence-corrected chi connectivity index (χ1v) is 3.67. The van der Waals surface area contributed by atoms with Crippen molar-refractivity contribution in [1.82, 2.24) is 4.98 Å². The van der Waals surface area contributed by atoms with E-state index in [0.29, 0.717) is 6.54 Å². The van der Waals surface area contributed by atoms with Gasteiger partial charge in [0, 0.05) is 23.6 Å². The second-order valence-electron chi connectivity index (χ2n) is 2.56. The number of para-hydroxylation sites is 1. The van der Waals surface area contributed by atoms with Crippen LogP contribution in [0.15, 0.2) is 30.5 Å². The molecule has 0 radical (unpaired) electrons. The number of benzene rings is 1. The van der Waals surface area contributed by atoms with Crippen LogP contribution in [-0.2, 0) is 6.54 Å². The van der Waals surface area contributed by atoms with Gasteiger partial charge < -0.3 is 10.7 Å². The molecule has 0 unspecified atom stereocenters. The van der Waals surface area contributed by atoms with Gasteiger partial charge in [0.1, 0.15) is 0 Å². The summed E-state index contributed by atoms with van der Waals surface area (Å²) >= 11 is 0. The Kier molecular flexibility index (Phi) is 4.21. The molecule has 0 saturated carbocycles. The van der Waals surface area contributed by atoms with E-state index >= 15 is 0 Å². The summed E-state index contributed by atoms with van der Waals surface area (Å²) in [7, 11) is 0. The SMILES string of the molecule is C.C.NCc1c[nH]c2ccccc12. The van der Waals surface area contributed by atoms with E-state index in [9.17, 15) is 0 Å². The standard InChI is InChI=1S/C9H10N2.2CH4/c10-5-7-6-11-9-4-2-1-3-8(7)9;;/h1-4,6,11H,5,10H2;2*1H4. The maximum atomic E-state index is 5.54. The number of nitrogens with two attached hydrogens (primary N) is 1. The first-order chi connectivity index (χ1) is 5.42. The molecule has 0 amide bonds. The molecule has 2 rings (SSSR count). The molecular formula is C11H18N2. The highest BCUT2D eigenvalue weighted by atomic mass is 14.7. The lowest BCUT2D eigenvalue weighted by atomic mass is 10.2. The monoisotopic (exact) mass is 178 g/mol. The third-order valence-corrected chi connectivity index (χ3v) is 1.89. The first kappa shape index (κ1) is 11.7. The third-order valence-electron chi connectivity index (χ3n) is 1.89. The van der Waals surface area contributed by atoms with E-state index in [-0.39, 0.29) is 14.9 Å². The van der Waals surface area contributed by atoms with Gasteiger partial charge in [-0.2, -0.15) is 0 Å². The van der Waals surface area contributed by atoms with Gasteiger partial charge in [-0.25, -0.2) is 0 Å². The van der Waals surface area contributed by atoms with Gasteiger partial charge in [-0.3, -0.25) is 0 Å². The van der Waals surface area contributed by atoms with Gasteiger partial charge >= 0.3 is 0 Å². The van der Waals surface area contributed by atoms with Crippen molar-refractivity contribution >= 4 is 10.9 Å². The predicted octanol–water partition coefficient (Wildman–Crippen LogP) is 2.90. The summed E-state index contributed by atoms with van der Waals surface area (Å²) in [6.07, 6.45) is 1.96. The summed E-state index contributed by atoms with van der Waals surface area (Å²) in [6, 6.07) is 8.16. The molecule has 0 aliphatic heterocycles. The highest BCUT2D eigenvalue weighted by Crippen LogP contribution is 2.16. The van der Waals surface area contributed by atoms with Gasteiger partial charge in [0.25, 0.3) is 0 Å². The molecule has 13 heavy (non-hydrogen) atoms. The Bertz CT molecular complexity index is 363. The molecule has 2 aromatic rings. The van der Waals surface area contributed by atoms with Crippen LogP contribution >= 0.6 is 0 Å². The number of nitrogens with one attached hydrogen (secondary N) is 1. The predicted molar refractivity (Wildman–Crippen MR) is 59.7 cm³/mol. The lowest BCUT2D eigenvalue weighted by Gasteiger charge is -1.90.